The highest BCUT2D eigenvalue weighted by atomic mass is 19.3. The summed E-state index contributed by atoms with van der Waals surface area (Å²) in [7, 11) is 0. The lowest BCUT2D eigenvalue weighted by Gasteiger charge is -2.19. The number of benzene rings is 3. The van der Waals surface area contributed by atoms with Crippen molar-refractivity contribution in [2.45, 2.75) is 19.0 Å². The lowest BCUT2D eigenvalue weighted by molar-refractivity contribution is -0.189. The van der Waals surface area contributed by atoms with Crippen molar-refractivity contribution < 1.29 is 39.9 Å². The van der Waals surface area contributed by atoms with E-state index in [0.717, 1.165) is 0 Å². The van der Waals surface area contributed by atoms with Crippen LogP contribution in [0.25, 0.3) is 0 Å². The molecule has 3 rings (SSSR count). The van der Waals surface area contributed by atoms with Crippen LogP contribution in [-0.4, -0.2) is 0 Å². The van der Waals surface area contributed by atoms with E-state index in [0.29, 0.717) is 30.5 Å². The molecule has 0 saturated carbocycles. The number of ether oxygens (including phenoxy) is 1. The van der Waals surface area contributed by atoms with Crippen LogP contribution in [0.5, 0.6) is 5.75 Å². The Morgan fingerprint density at radius 3 is 1.97 bits per heavy atom. The van der Waals surface area contributed by atoms with E-state index in [9.17, 15) is 35.1 Å². The Morgan fingerprint density at radius 1 is 0.794 bits per heavy atom. The van der Waals surface area contributed by atoms with Crippen molar-refractivity contribution in [2.75, 3.05) is 0 Å². The van der Waals surface area contributed by atoms with Gasteiger partial charge in [-0.15, -0.1) is 6.58 Å². The lowest BCUT2D eigenvalue weighted by atomic mass is 10.1. The van der Waals surface area contributed by atoms with Gasteiger partial charge in [-0.3, -0.25) is 0 Å². The highest BCUT2D eigenvalue weighted by Crippen LogP contribution is 2.36. The maximum Gasteiger partial charge on any atom is 0.432 e. The topological polar surface area (TPSA) is 9.23 Å². The van der Waals surface area contributed by atoms with Gasteiger partial charge in [-0.1, -0.05) is 24.0 Å². The highest BCUT2D eigenvalue weighted by molar-refractivity contribution is 5.46. The molecule has 0 fully saturated rings. The van der Waals surface area contributed by atoms with Gasteiger partial charge in [-0.2, -0.15) is 8.78 Å². The first-order valence-electron chi connectivity index (χ1n) is 9.64. The Kier molecular flexibility index (Phi) is 7.30. The lowest BCUT2D eigenvalue weighted by Crippen LogP contribution is -2.25. The second-order valence-corrected chi connectivity index (χ2v) is 7.03. The fourth-order valence-corrected chi connectivity index (χ4v) is 2.94. The van der Waals surface area contributed by atoms with Gasteiger partial charge >= 0.3 is 6.11 Å². The summed E-state index contributed by atoms with van der Waals surface area (Å²) in [5.74, 6) is -6.39. The van der Waals surface area contributed by atoms with Crippen LogP contribution in [-0.2, 0) is 12.5 Å². The van der Waals surface area contributed by atoms with E-state index in [4.69, 9.17) is 0 Å². The van der Waals surface area contributed by atoms with E-state index < -0.39 is 52.3 Å². The number of hydrogen-bond acceptors (Lipinski definition) is 1. The van der Waals surface area contributed by atoms with Crippen LogP contribution >= 0.6 is 0 Å². The van der Waals surface area contributed by atoms with Crippen molar-refractivity contribution >= 4 is 0 Å². The van der Waals surface area contributed by atoms with E-state index in [1.54, 1.807) is 12.1 Å². The summed E-state index contributed by atoms with van der Waals surface area (Å²) >= 11 is 0. The number of hydrogen-bond donors (Lipinski definition) is 0. The third-order valence-electron chi connectivity index (χ3n) is 4.55. The van der Waals surface area contributed by atoms with Crippen molar-refractivity contribution in [1.29, 1.82) is 0 Å². The standard InChI is InChI=1S/C25H14F8O/c1-2-3-4-14-5-7-16(18(26)9-14)8-6-15-10-19(27)23(20(28)11-15)25(32,33)34-17-12-21(29)24(31)22(30)13-17/h2,5,7,9-13H,1,3-4H2. The van der Waals surface area contributed by atoms with Crippen LogP contribution in [0, 0.1) is 46.7 Å². The quantitative estimate of drug-likeness (QED) is 0.157. The molecule has 0 amide bonds. The molecule has 0 radical (unpaired) electrons. The molecule has 0 aromatic heterocycles. The van der Waals surface area contributed by atoms with Gasteiger partial charge in [-0.05, 0) is 42.7 Å². The molecule has 0 bridgehead atoms. The molecule has 0 aliphatic rings. The fraction of sp³-hybridized carbons (Fsp3) is 0.120. The summed E-state index contributed by atoms with van der Waals surface area (Å²) in [6, 6.07) is 5.34. The average molecular weight is 482 g/mol. The molecule has 3 aromatic rings. The zero-order valence-electron chi connectivity index (χ0n) is 17.2. The minimum absolute atomic E-state index is 0.0822. The average Bonchev–Trinajstić information content (AvgIpc) is 2.74. The van der Waals surface area contributed by atoms with Crippen LogP contribution in [0.15, 0.2) is 55.1 Å². The predicted molar refractivity (Wildman–Crippen MR) is 108 cm³/mol. The number of halogens is 8. The van der Waals surface area contributed by atoms with Gasteiger partial charge in [0, 0.05) is 17.7 Å². The number of aryl methyl sites for hydroxylation is 1. The van der Waals surface area contributed by atoms with Crippen molar-refractivity contribution in [3.63, 3.8) is 0 Å². The van der Waals surface area contributed by atoms with Gasteiger partial charge in [-0.25, -0.2) is 26.3 Å². The van der Waals surface area contributed by atoms with E-state index >= 15 is 0 Å². The number of alkyl halides is 2. The maximum atomic E-state index is 14.4. The van der Waals surface area contributed by atoms with Gasteiger partial charge < -0.3 is 4.74 Å². The smallest absolute Gasteiger partial charge is 0.429 e. The molecule has 34 heavy (non-hydrogen) atoms. The molecule has 3 aromatic carbocycles. The minimum atomic E-state index is -4.72. The van der Waals surface area contributed by atoms with Gasteiger partial charge in [0.2, 0.25) is 0 Å². The molecule has 0 unspecified atom stereocenters. The van der Waals surface area contributed by atoms with Crippen LogP contribution in [0.4, 0.5) is 35.1 Å². The van der Waals surface area contributed by atoms with Crippen molar-refractivity contribution in [2.24, 2.45) is 0 Å². The van der Waals surface area contributed by atoms with Gasteiger partial charge in [0.05, 0.1) is 5.56 Å². The van der Waals surface area contributed by atoms with Crippen LogP contribution in [0.3, 0.4) is 0 Å². The summed E-state index contributed by atoms with van der Waals surface area (Å²) in [6.45, 7) is 3.57. The molecular formula is C25H14F8O. The summed E-state index contributed by atoms with van der Waals surface area (Å²) in [4.78, 5) is 0. The van der Waals surface area contributed by atoms with Crippen LogP contribution < -0.4 is 4.74 Å². The molecular weight excluding hydrogens is 468 g/mol. The largest absolute Gasteiger partial charge is 0.432 e. The first-order chi connectivity index (χ1) is 16.0. The van der Waals surface area contributed by atoms with E-state index in [2.05, 4.69) is 23.2 Å². The predicted octanol–water partition coefficient (Wildman–Crippen LogP) is 7.17. The number of allylic oxidation sites excluding steroid dienone is 1. The Labute approximate surface area is 189 Å². The molecule has 0 heterocycles. The monoisotopic (exact) mass is 482 g/mol. The zero-order valence-corrected chi connectivity index (χ0v) is 17.2. The second-order valence-electron chi connectivity index (χ2n) is 7.03. The van der Waals surface area contributed by atoms with Gasteiger partial charge in [0.1, 0.15) is 28.8 Å². The van der Waals surface area contributed by atoms with Crippen molar-refractivity contribution in [3.8, 4) is 17.6 Å². The van der Waals surface area contributed by atoms with Crippen molar-refractivity contribution in [3.05, 3.63) is 112 Å². The minimum Gasteiger partial charge on any atom is -0.429 e. The molecule has 0 aliphatic heterocycles. The molecule has 9 heteroatoms. The summed E-state index contributed by atoms with van der Waals surface area (Å²) < 4.78 is 115. The van der Waals surface area contributed by atoms with E-state index in [-0.39, 0.29) is 23.3 Å². The van der Waals surface area contributed by atoms with Crippen LogP contribution in [0.2, 0.25) is 0 Å². The number of rotatable bonds is 6. The zero-order chi connectivity index (χ0) is 25.0. The Hall–Kier alpha value is -3.80. The van der Waals surface area contributed by atoms with Crippen molar-refractivity contribution in [1.82, 2.24) is 0 Å². The normalized spacial score (nSPS) is 11.1. The third-order valence-corrected chi connectivity index (χ3v) is 4.55. The van der Waals surface area contributed by atoms with E-state index in [1.165, 1.54) is 12.1 Å². The highest BCUT2D eigenvalue weighted by Gasteiger charge is 2.41. The summed E-state index contributed by atoms with van der Waals surface area (Å²) in [5, 5.41) is 0. The second kappa shape index (κ2) is 10.00. The molecule has 0 N–H and O–H groups in total. The molecule has 0 atom stereocenters. The Balaban J connectivity index is 1.88. The summed E-state index contributed by atoms with van der Waals surface area (Å²) in [5.41, 5.74) is -1.64. The Bertz CT molecular complexity index is 1260. The fourth-order valence-electron chi connectivity index (χ4n) is 2.94. The molecule has 0 saturated heterocycles. The maximum absolute atomic E-state index is 14.4. The van der Waals surface area contributed by atoms with Gasteiger partial charge in [0.15, 0.2) is 17.5 Å². The molecule has 1 nitrogen and oxygen atoms in total. The molecule has 176 valence electrons. The SMILES string of the molecule is C=CCCc1ccc(C#Cc2cc(F)c(C(F)(F)Oc3cc(F)c(F)c(F)c3)c(F)c2)c(F)c1. The first-order valence-corrected chi connectivity index (χ1v) is 9.64. The Morgan fingerprint density at radius 2 is 1.41 bits per heavy atom. The third kappa shape index (κ3) is 5.57. The van der Waals surface area contributed by atoms with E-state index in [1.807, 2.05) is 0 Å². The van der Waals surface area contributed by atoms with Gasteiger partial charge in [0.25, 0.3) is 0 Å². The first kappa shape index (κ1) is 24.8. The summed E-state index contributed by atoms with van der Waals surface area (Å²) in [6.07, 6.45) is -1.86. The molecule has 0 aliphatic carbocycles. The van der Waals surface area contributed by atoms with Crippen LogP contribution in [0.1, 0.15) is 28.7 Å². The molecule has 0 spiro atoms.